The topological polar surface area (TPSA) is 129 Å². The highest BCUT2D eigenvalue weighted by atomic mass is 16.7. The van der Waals surface area contributed by atoms with Crippen molar-refractivity contribution in [3.8, 4) is 0 Å². The molecule has 0 bridgehead atoms. The summed E-state index contributed by atoms with van der Waals surface area (Å²) in [6, 6.07) is 17.8. The lowest BCUT2D eigenvalue weighted by molar-refractivity contribution is -0.156. The Labute approximate surface area is 172 Å². The van der Waals surface area contributed by atoms with Crippen LogP contribution >= 0.6 is 0 Å². The summed E-state index contributed by atoms with van der Waals surface area (Å²) < 4.78 is 9.69. The largest absolute Gasteiger partial charge is 0.443 e. The average molecular weight is 416 g/mol. The molecule has 10 nitrogen and oxygen atoms in total. The van der Waals surface area contributed by atoms with Crippen molar-refractivity contribution < 1.29 is 38.3 Å². The van der Waals surface area contributed by atoms with Crippen LogP contribution in [0.15, 0.2) is 60.7 Å². The zero-order valence-electron chi connectivity index (χ0n) is 15.9. The van der Waals surface area contributed by atoms with Gasteiger partial charge in [0.2, 0.25) is 0 Å². The number of benzene rings is 2. The molecule has 158 valence electrons. The molecule has 0 aliphatic carbocycles. The smallest absolute Gasteiger partial charge is 0.441 e. The van der Waals surface area contributed by atoms with Crippen molar-refractivity contribution in [2.45, 2.75) is 26.1 Å². The molecule has 10 heteroatoms. The van der Waals surface area contributed by atoms with Gasteiger partial charge >= 0.3 is 24.1 Å². The molecule has 0 aliphatic rings. The number of hydrogen-bond acceptors (Lipinski definition) is 8. The van der Waals surface area contributed by atoms with E-state index >= 15 is 0 Å². The third kappa shape index (κ3) is 9.22. The van der Waals surface area contributed by atoms with Crippen molar-refractivity contribution in [3.63, 3.8) is 0 Å². The molecule has 2 rings (SSSR count). The third-order valence-corrected chi connectivity index (χ3v) is 3.46. The second kappa shape index (κ2) is 12.4. The quantitative estimate of drug-likeness (QED) is 0.520. The van der Waals surface area contributed by atoms with E-state index in [0.717, 1.165) is 11.1 Å². The second-order valence-corrected chi connectivity index (χ2v) is 5.78. The molecule has 2 aromatic carbocycles. The number of hydroxylamine groups is 2. The predicted molar refractivity (Wildman–Crippen MR) is 101 cm³/mol. The first-order valence-corrected chi connectivity index (χ1v) is 8.85. The number of nitrogens with one attached hydrogen (secondary N) is 2. The van der Waals surface area contributed by atoms with Gasteiger partial charge in [-0.1, -0.05) is 60.7 Å². The van der Waals surface area contributed by atoms with E-state index in [1.54, 1.807) is 59.5 Å². The monoisotopic (exact) mass is 416 g/mol. The van der Waals surface area contributed by atoms with Crippen LogP contribution in [0.5, 0.6) is 0 Å². The molecule has 2 aromatic rings. The summed E-state index contributed by atoms with van der Waals surface area (Å²) in [4.78, 5) is 54.8. The summed E-state index contributed by atoms with van der Waals surface area (Å²) in [5.74, 6) is -1.79. The van der Waals surface area contributed by atoms with Crippen molar-refractivity contribution in [1.82, 2.24) is 11.0 Å². The minimum atomic E-state index is -0.961. The van der Waals surface area contributed by atoms with Gasteiger partial charge in [0.15, 0.2) is 0 Å². The van der Waals surface area contributed by atoms with E-state index in [-0.39, 0.29) is 13.2 Å². The predicted octanol–water partition coefficient (Wildman–Crippen LogP) is 2.54. The zero-order chi connectivity index (χ0) is 21.6. The fourth-order valence-corrected chi connectivity index (χ4v) is 2.01. The Kier molecular flexibility index (Phi) is 9.18. The number of amides is 2. The zero-order valence-corrected chi connectivity index (χ0v) is 15.9. The molecule has 0 atom stereocenters. The molecule has 0 spiro atoms. The molecule has 30 heavy (non-hydrogen) atoms. The molecular weight excluding hydrogens is 396 g/mol. The molecule has 0 radical (unpaired) electrons. The maximum Gasteiger partial charge on any atom is 0.441 e. The van der Waals surface area contributed by atoms with Gasteiger partial charge in [-0.25, -0.2) is 19.2 Å². The minimum absolute atomic E-state index is 0.00257. The van der Waals surface area contributed by atoms with E-state index in [9.17, 15) is 19.2 Å². The fourth-order valence-electron chi connectivity index (χ4n) is 2.01. The molecule has 0 heterocycles. The Morgan fingerprint density at radius 3 is 1.33 bits per heavy atom. The lowest BCUT2D eigenvalue weighted by Crippen LogP contribution is -2.29. The molecule has 0 fully saturated rings. The lowest BCUT2D eigenvalue weighted by atomic mass is 10.2. The molecule has 0 aliphatic heterocycles. The van der Waals surface area contributed by atoms with Crippen molar-refractivity contribution in [2.24, 2.45) is 0 Å². The fraction of sp³-hybridized carbons (Fsp3) is 0.200. The molecule has 0 aromatic heterocycles. The van der Waals surface area contributed by atoms with Gasteiger partial charge in [0.25, 0.3) is 0 Å². The summed E-state index contributed by atoms with van der Waals surface area (Å²) in [5, 5.41) is 0. The molecule has 2 N–H and O–H groups in total. The van der Waals surface area contributed by atoms with Gasteiger partial charge < -0.3 is 19.1 Å². The first-order chi connectivity index (χ1) is 14.5. The minimum Gasteiger partial charge on any atom is -0.443 e. The van der Waals surface area contributed by atoms with E-state index in [1.807, 2.05) is 12.1 Å². The van der Waals surface area contributed by atoms with Gasteiger partial charge in [0, 0.05) is 0 Å². The van der Waals surface area contributed by atoms with Crippen LogP contribution in [0.3, 0.4) is 0 Å². The maximum absolute atomic E-state index is 11.5. The molecule has 2 amide bonds. The van der Waals surface area contributed by atoms with Crippen LogP contribution in [-0.2, 0) is 42.0 Å². The van der Waals surface area contributed by atoms with E-state index in [0.29, 0.717) is 0 Å². The second-order valence-electron chi connectivity index (χ2n) is 5.78. The van der Waals surface area contributed by atoms with Crippen LogP contribution in [0.25, 0.3) is 0 Å². The van der Waals surface area contributed by atoms with Gasteiger partial charge in [0.05, 0.1) is 12.8 Å². The number of carbonyl (C=O) groups is 4. The standard InChI is InChI=1S/C20H20N2O8/c23-17(29-21-19(25)27-13-15-7-3-1-4-8-15)11-12-18(24)30-22-20(26)28-14-16-9-5-2-6-10-16/h1-10H,11-14H2,(H,21,25)(H,22,26). The van der Waals surface area contributed by atoms with E-state index in [1.165, 1.54) is 0 Å². The van der Waals surface area contributed by atoms with Crippen LogP contribution in [0.1, 0.15) is 24.0 Å². The third-order valence-electron chi connectivity index (χ3n) is 3.46. The Morgan fingerprint density at radius 2 is 0.967 bits per heavy atom. The van der Waals surface area contributed by atoms with Gasteiger partial charge in [-0.3, -0.25) is 0 Å². The van der Waals surface area contributed by atoms with E-state index in [4.69, 9.17) is 9.47 Å². The average Bonchev–Trinajstić information content (AvgIpc) is 2.78. The summed E-state index contributed by atoms with van der Waals surface area (Å²) in [6.45, 7) is 0.00514. The van der Waals surface area contributed by atoms with Crippen LogP contribution in [0, 0.1) is 0 Å². The highest BCUT2D eigenvalue weighted by molar-refractivity contribution is 5.79. The number of rotatable bonds is 7. The van der Waals surface area contributed by atoms with Crippen molar-refractivity contribution >= 4 is 24.1 Å². The first-order valence-electron chi connectivity index (χ1n) is 8.85. The number of ether oxygens (including phenoxy) is 2. The summed E-state index contributed by atoms with van der Waals surface area (Å²) in [7, 11) is 0. The number of carbonyl (C=O) groups excluding carboxylic acids is 4. The Hall–Kier alpha value is -4.08. The van der Waals surface area contributed by atoms with Gasteiger partial charge in [-0.15, -0.1) is 11.0 Å². The van der Waals surface area contributed by atoms with E-state index < -0.39 is 37.0 Å². The Bertz CT molecular complexity index is 771. The number of hydrogen-bond donors (Lipinski definition) is 2. The first kappa shape index (κ1) is 22.2. The summed E-state index contributed by atoms with van der Waals surface area (Å²) >= 11 is 0. The SMILES string of the molecule is O=C(CCC(=O)ONC(=O)OCc1ccccc1)ONC(=O)OCc1ccccc1. The van der Waals surface area contributed by atoms with Gasteiger partial charge in [-0.05, 0) is 11.1 Å². The molecular formula is C20H20N2O8. The summed E-state index contributed by atoms with van der Waals surface area (Å²) in [6.07, 6.45) is -2.70. The van der Waals surface area contributed by atoms with Crippen LogP contribution in [0.4, 0.5) is 9.59 Å². The molecule has 0 saturated heterocycles. The maximum atomic E-state index is 11.5. The summed E-state index contributed by atoms with van der Waals surface area (Å²) in [5.41, 5.74) is 5.13. The highest BCUT2D eigenvalue weighted by Crippen LogP contribution is 2.02. The molecule has 0 unspecified atom stereocenters. The van der Waals surface area contributed by atoms with Gasteiger partial charge in [-0.2, -0.15) is 0 Å². The van der Waals surface area contributed by atoms with Crippen molar-refractivity contribution in [3.05, 3.63) is 71.8 Å². The van der Waals surface area contributed by atoms with Gasteiger partial charge in [0.1, 0.15) is 13.2 Å². The van der Waals surface area contributed by atoms with Crippen LogP contribution in [0.2, 0.25) is 0 Å². The molecule has 0 saturated carbocycles. The Morgan fingerprint density at radius 1 is 0.600 bits per heavy atom. The highest BCUT2D eigenvalue weighted by Gasteiger charge is 2.13. The van der Waals surface area contributed by atoms with Crippen molar-refractivity contribution in [1.29, 1.82) is 0 Å². The normalized spacial score (nSPS) is 9.73. The Balaban J connectivity index is 1.52. The lowest BCUT2D eigenvalue weighted by Gasteiger charge is -2.08. The van der Waals surface area contributed by atoms with Crippen LogP contribution < -0.4 is 11.0 Å². The van der Waals surface area contributed by atoms with E-state index in [2.05, 4.69) is 9.68 Å². The van der Waals surface area contributed by atoms with Crippen molar-refractivity contribution in [2.75, 3.05) is 0 Å². The van der Waals surface area contributed by atoms with Crippen LogP contribution in [-0.4, -0.2) is 24.1 Å².